The van der Waals surface area contributed by atoms with E-state index in [1.54, 1.807) is 0 Å². The molecule has 0 amide bonds. The van der Waals surface area contributed by atoms with E-state index in [2.05, 4.69) is 32.4 Å². The number of nitrogens with two attached hydrogens (primary N) is 1. The van der Waals surface area contributed by atoms with Crippen molar-refractivity contribution in [3.8, 4) is 0 Å². The van der Waals surface area contributed by atoms with E-state index >= 15 is 0 Å². The molecule has 17 heavy (non-hydrogen) atoms. The third-order valence-corrected chi connectivity index (χ3v) is 6.94. The second-order valence-corrected chi connectivity index (χ2v) is 8.20. The van der Waals surface area contributed by atoms with Crippen LogP contribution < -0.4 is 10.5 Å². The van der Waals surface area contributed by atoms with E-state index in [0.717, 1.165) is 0 Å². The van der Waals surface area contributed by atoms with E-state index in [4.69, 9.17) is 5.73 Å². The summed E-state index contributed by atoms with van der Waals surface area (Å²) in [5, 5.41) is -0.465. The van der Waals surface area contributed by atoms with Crippen molar-refractivity contribution < 1.29 is 8.42 Å². The van der Waals surface area contributed by atoms with Crippen LogP contribution in [0.3, 0.4) is 0 Å². The lowest BCUT2D eigenvalue weighted by molar-refractivity contribution is 0.457. The number of sulfonamides is 1. The Morgan fingerprint density at radius 2 is 1.71 bits per heavy atom. The molecule has 0 spiro atoms. The monoisotopic (exact) mass is 262 g/mol. The molecule has 0 aromatic heterocycles. The third kappa shape index (κ3) is 2.51. The second kappa shape index (κ2) is 4.52. The van der Waals surface area contributed by atoms with Gasteiger partial charge in [-0.3, -0.25) is 0 Å². The maximum atomic E-state index is 12.0. The smallest absolute Gasteiger partial charge is 0.215 e. The third-order valence-electron chi connectivity index (χ3n) is 4.97. The summed E-state index contributed by atoms with van der Waals surface area (Å²) in [6, 6.07) is 0. The standard InChI is InChI=1S/C12H26N2O2S/c1-6-9(7-13)17(15,16)14-8-10-11(2,3)12(10,4)5/h9-10,14H,6-8,13H2,1-5H3. The fraction of sp³-hybridized carbons (Fsp3) is 1.00. The first-order chi connectivity index (χ1) is 7.61. The molecule has 0 aliphatic heterocycles. The van der Waals surface area contributed by atoms with E-state index in [-0.39, 0.29) is 17.4 Å². The quantitative estimate of drug-likeness (QED) is 0.758. The fourth-order valence-electron chi connectivity index (χ4n) is 2.67. The van der Waals surface area contributed by atoms with E-state index in [0.29, 0.717) is 18.9 Å². The van der Waals surface area contributed by atoms with Crippen molar-refractivity contribution in [1.29, 1.82) is 0 Å². The molecule has 1 atom stereocenters. The minimum absolute atomic E-state index is 0.184. The Morgan fingerprint density at radius 1 is 1.24 bits per heavy atom. The van der Waals surface area contributed by atoms with Gasteiger partial charge in [-0.05, 0) is 23.2 Å². The first-order valence-corrected chi connectivity index (χ1v) is 7.84. The number of hydrogen-bond donors (Lipinski definition) is 2. The predicted molar refractivity (Wildman–Crippen MR) is 71.1 cm³/mol. The van der Waals surface area contributed by atoms with Crippen LogP contribution in [0, 0.1) is 16.7 Å². The molecule has 1 fully saturated rings. The summed E-state index contributed by atoms with van der Waals surface area (Å²) in [4.78, 5) is 0. The van der Waals surface area contributed by atoms with Crippen LogP contribution >= 0.6 is 0 Å². The summed E-state index contributed by atoms with van der Waals surface area (Å²) in [5.41, 5.74) is 5.90. The second-order valence-electron chi connectivity index (χ2n) is 6.16. The largest absolute Gasteiger partial charge is 0.329 e. The van der Waals surface area contributed by atoms with Gasteiger partial charge in [-0.15, -0.1) is 0 Å². The molecule has 0 bridgehead atoms. The van der Waals surface area contributed by atoms with E-state index < -0.39 is 15.3 Å². The molecule has 0 aromatic rings. The van der Waals surface area contributed by atoms with Crippen molar-refractivity contribution >= 4 is 10.0 Å². The van der Waals surface area contributed by atoms with Gasteiger partial charge in [-0.1, -0.05) is 34.6 Å². The Bertz CT molecular complexity index is 356. The highest BCUT2D eigenvalue weighted by Gasteiger charge is 2.64. The zero-order valence-electron chi connectivity index (χ0n) is 11.6. The molecule has 5 heteroatoms. The van der Waals surface area contributed by atoms with E-state index in [1.807, 2.05) is 6.92 Å². The highest BCUT2D eigenvalue weighted by Crippen LogP contribution is 2.67. The average Bonchev–Trinajstić information content (AvgIpc) is 2.56. The van der Waals surface area contributed by atoms with Gasteiger partial charge in [0.25, 0.3) is 0 Å². The zero-order valence-corrected chi connectivity index (χ0v) is 12.4. The maximum absolute atomic E-state index is 12.0. The SMILES string of the molecule is CCC(CN)S(=O)(=O)NCC1C(C)(C)C1(C)C. The molecule has 1 unspecified atom stereocenters. The van der Waals surface area contributed by atoms with Gasteiger partial charge in [0.05, 0.1) is 5.25 Å². The van der Waals surface area contributed by atoms with Gasteiger partial charge in [0, 0.05) is 13.1 Å². The van der Waals surface area contributed by atoms with Crippen molar-refractivity contribution in [2.75, 3.05) is 13.1 Å². The van der Waals surface area contributed by atoms with Crippen LogP contribution in [0.5, 0.6) is 0 Å². The summed E-state index contributed by atoms with van der Waals surface area (Å²) in [6.45, 7) is 11.3. The van der Waals surface area contributed by atoms with Crippen molar-refractivity contribution in [1.82, 2.24) is 4.72 Å². The van der Waals surface area contributed by atoms with Crippen molar-refractivity contribution in [2.24, 2.45) is 22.5 Å². The Labute approximate surface area is 105 Å². The number of nitrogens with one attached hydrogen (secondary N) is 1. The van der Waals surface area contributed by atoms with Crippen LogP contribution in [0.4, 0.5) is 0 Å². The van der Waals surface area contributed by atoms with Gasteiger partial charge in [-0.25, -0.2) is 13.1 Å². The summed E-state index contributed by atoms with van der Waals surface area (Å²) in [6.07, 6.45) is 0.559. The van der Waals surface area contributed by atoms with Crippen LogP contribution in [-0.2, 0) is 10.0 Å². The highest BCUT2D eigenvalue weighted by atomic mass is 32.2. The zero-order chi connectivity index (χ0) is 13.5. The van der Waals surface area contributed by atoms with Gasteiger partial charge in [0.2, 0.25) is 10.0 Å². The molecule has 1 aliphatic rings. The van der Waals surface area contributed by atoms with E-state index in [1.165, 1.54) is 0 Å². The summed E-state index contributed by atoms with van der Waals surface area (Å²) < 4.78 is 26.6. The first kappa shape index (κ1) is 14.9. The Morgan fingerprint density at radius 3 is 2.00 bits per heavy atom. The topological polar surface area (TPSA) is 72.2 Å². The fourth-order valence-corrected chi connectivity index (χ4v) is 4.00. The van der Waals surface area contributed by atoms with Gasteiger partial charge in [-0.2, -0.15) is 0 Å². The van der Waals surface area contributed by atoms with Crippen LogP contribution in [0.1, 0.15) is 41.0 Å². The van der Waals surface area contributed by atoms with Crippen molar-refractivity contribution in [3.63, 3.8) is 0 Å². The van der Waals surface area contributed by atoms with Crippen molar-refractivity contribution in [2.45, 2.75) is 46.3 Å². The van der Waals surface area contributed by atoms with Gasteiger partial charge in [0.15, 0.2) is 0 Å². The Kier molecular flexibility index (Phi) is 3.97. The lowest BCUT2D eigenvalue weighted by Crippen LogP contribution is -2.39. The maximum Gasteiger partial charge on any atom is 0.215 e. The molecule has 102 valence electrons. The van der Waals surface area contributed by atoms with Crippen molar-refractivity contribution in [3.05, 3.63) is 0 Å². The predicted octanol–water partition coefficient (Wildman–Crippen LogP) is 1.33. The first-order valence-electron chi connectivity index (χ1n) is 6.29. The van der Waals surface area contributed by atoms with Crippen LogP contribution in [-0.4, -0.2) is 26.8 Å². The van der Waals surface area contributed by atoms with E-state index in [9.17, 15) is 8.42 Å². The molecule has 0 saturated heterocycles. The lowest BCUT2D eigenvalue weighted by atomic mass is 10.0. The van der Waals surface area contributed by atoms with Gasteiger partial charge in [0.1, 0.15) is 0 Å². The van der Waals surface area contributed by atoms with Crippen LogP contribution in [0.25, 0.3) is 0 Å². The van der Waals surface area contributed by atoms with Gasteiger partial charge >= 0.3 is 0 Å². The summed E-state index contributed by atoms with van der Waals surface area (Å²) in [5.74, 6) is 0.403. The lowest BCUT2D eigenvalue weighted by Gasteiger charge is -2.15. The van der Waals surface area contributed by atoms with Gasteiger partial charge < -0.3 is 5.73 Å². The molecular formula is C12H26N2O2S. The van der Waals surface area contributed by atoms with Crippen LogP contribution in [0.2, 0.25) is 0 Å². The minimum atomic E-state index is -3.25. The Hall–Kier alpha value is -0.130. The molecule has 1 aliphatic carbocycles. The Balaban J connectivity index is 2.59. The summed E-state index contributed by atoms with van der Waals surface area (Å²) >= 11 is 0. The summed E-state index contributed by atoms with van der Waals surface area (Å²) in [7, 11) is -3.25. The molecule has 0 heterocycles. The highest BCUT2D eigenvalue weighted by molar-refractivity contribution is 7.90. The number of rotatable bonds is 6. The molecule has 0 radical (unpaired) electrons. The molecule has 3 N–H and O–H groups in total. The normalized spacial score (nSPS) is 24.6. The minimum Gasteiger partial charge on any atom is -0.329 e. The molecule has 1 saturated carbocycles. The van der Waals surface area contributed by atoms with Crippen LogP contribution in [0.15, 0.2) is 0 Å². The number of hydrogen-bond acceptors (Lipinski definition) is 3. The molecule has 1 rings (SSSR count). The molecule has 4 nitrogen and oxygen atoms in total. The molecular weight excluding hydrogens is 236 g/mol. The average molecular weight is 262 g/mol. The molecule has 0 aromatic carbocycles.